The molecule has 0 unspecified atom stereocenters. The number of phenolic OH excluding ortho intramolecular Hbond substituents is 1. The minimum absolute atomic E-state index is 0. The number of thiophene rings is 1. The fraction of sp³-hybridized carbons (Fsp3) is 0.233. The molecule has 0 radical (unpaired) electrons. The number of hydrogen-bond acceptors (Lipinski definition) is 4. The van der Waals surface area contributed by atoms with Gasteiger partial charge in [-0.05, 0) is 108 Å². The predicted octanol–water partition coefficient (Wildman–Crippen LogP) is 19.5. The molecule has 0 amide bonds. The summed E-state index contributed by atoms with van der Waals surface area (Å²) in [6, 6.07) is 63.2. The molecule has 0 saturated carbocycles. The summed E-state index contributed by atoms with van der Waals surface area (Å²) in [5.74, 6) is 1.72. The van der Waals surface area contributed by atoms with Crippen molar-refractivity contribution in [1.29, 1.82) is 0 Å². The fourth-order valence-corrected chi connectivity index (χ4v) is 12.6. The fourth-order valence-electron chi connectivity index (χ4n) is 11.4. The standard InChI is InChI=1S/C73H69N4OS.Pt/c1-44-36-54(65-63(37-44)77(61-35-33-49(71(5,6)7)41-53(61)46-26-18-15-19-27-46)69(75-65)57-42-50(72(8,9)10)43-58(66(57)78)73(11,12)13)56-39-47(38-55-51-28-20-23-31-64(51)79-67(55)56)68-74-59-29-21-22-30-62(59)76(68)60-34-32-48(70(2,3)4)40-52(60)45-24-16-14-17-25-45;/h14-36,38,40-43,78H,1,37H2,2-13H3;/q-1;. The molecule has 0 atom stereocenters. The van der Waals surface area contributed by atoms with Gasteiger partial charge in [0.05, 0.1) is 33.8 Å². The van der Waals surface area contributed by atoms with Gasteiger partial charge in [-0.3, -0.25) is 9.55 Å². The van der Waals surface area contributed by atoms with Crippen molar-refractivity contribution in [3.8, 4) is 62.2 Å². The van der Waals surface area contributed by atoms with E-state index in [9.17, 15) is 5.11 Å². The van der Waals surface area contributed by atoms with Crippen LogP contribution in [0.25, 0.3) is 93.2 Å². The number of benzene rings is 8. The van der Waals surface area contributed by atoms with Gasteiger partial charge in [0.25, 0.3) is 0 Å². The Labute approximate surface area is 490 Å². The van der Waals surface area contributed by atoms with E-state index < -0.39 is 0 Å². The van der Waals surface area contributed by atoms with Crippen molar-refractivity contribution in [2.75, 3.05) is 0 Å². The van der Waals surface area contributed by atoms with Crippen LogP contribution in [-0.2, 0) is 49.1 Å². The average molecular weight is 1250 g/mol. The largest absolute Gasteiger partial charge is 0.507 e. The van der Waals surface area contributed by atoms with Gasteiger partial charge in [-0.25, -0.2) is 4.98 Å². The predicted molar refractivity (Wildman–Crippen MR) is 334 cm³/mol. The second-order valence-electron chi connectivity index (χ2n) is 25.7. The number of para-hydroxylation sites is 2. The van der Waals surface area contributed by atoms with Crippen molar-refractivity contribution in [3.05, 3.63) is 227 Å². The molecule has 3 heterocycles. The van der Waals surface area contributed by atoms with Crippen LogP contribution in [0, 0.1) is 6.07 Å². The van der Waals surface area contributed by atoms with Gasteiger partial charge in [0, 0.05) is 60.3 Å². The minimum atomic E-state index is -0.366. The summed E-state index contributed by atoms with van der Waals surface area (Å²) in [6.07, 6.45) is 2.78. The molecule has 0 saturated heterocycles. The number of aromatic nitrogens is 4. The number of phenols is 1. The number of rotatable bonds is 7. The van der Waals surface area contributed by atoms with Crippen LogP contribution in [0.1, 0.15) is 122 Å². The molecule has 1 N–H and O–H groups in total. The molecule has 0 bridgehead atoms. The summed E-state index contributed by atoms with van der Waals surface area (Å²) >= 11 is 1.79. The summed E-state index contributed by atoms with van der Waals surface area (Å²) in [4.78, 5) is 11.5. The SMILES string of the molecule is C=C1C=C(c2[c-]c(-c3nc4ccccc4n3-c3ccc(C(C)(C)C)cc3-c3ccccc3)cc3c2sc2ccccc23)c2nc(-c3cc(C(C)(C)C)cc(C(C)(C)C)c3O)n(-c3ccc(C(C)(C)C)cc3-c3ccccc3)c2C1.[Pt]. The first-order valence-corrected chi connectivity index (χ1v) is 28.5. The van der Waals surface area contributed by atoms with Crippen LogP contribution in [0.3, 0.4) is 0 Å². The Bertz CT molecular complexity index is 4270. The molecule has 5 nitrogen and oxygen atoms in total. The molecule has 0 aliphatic heterocycles. The third-order valence-corrected chi connectivity index (χ3v) is 17.1. The van der Waals surface area contributed by atoms with Crippen molar-refractivity contribution in [3.63, 3.8) is 0 Å². The molecule has 0 fully saturated rings. The Morgan fingerprint density at radius 1 is 0.537 bits per heavy atom. The number of allylic oxidation sites excluding steroid dienone is 2. The van der Waals surface area contributed by atoms with E-state index >= 15 is 0 Å². The molecular formula is C73H69N4OPtS-. The van der Waals surface area contributed by atoms with E-state index in [-0.39, 0.29) is 48.5 Å². The van der Waals surface area contributed by atoms with Crippen LogP contribution in [0.5, 0.6) is 5.75 Å². The maximum Gasteiger partial charge on any atom is 0.148 e. The van der Waals surface area contributed by atoms with Crippen molar-refractivity contribution in [2.45, 2.75) is 111 Å². The maximum absolute atomic E-state index is 12.9. The molecular weight excluding hydrogens is 1180 g/mol. The number of imidazole rings is 2. The summed E-state index contributed by atoms with van der Waals surface area (Å²) in [5, 5.41) is 15.2. The average Bonchev–Trinajstić information content (AvgIpc) is 4.11. The van der Waals surface area contributed by atoms with E-state index in [1.807, 2.05) is 0 Å². The van der Waals surface area contributed by atoms with Crippen molar-refractivity contribution < 1.29 is 26.2 Å². The van der Waals surface area contributed by atoms with Gasteiger partial charge in [-0.15, -0.1) is 12.1 Å². The Balaban J connectivity index is 0.00000675. The zero-order valence-corrected chi connectivity index (χ0v) is 51.1. The van der Waals surface area contributed by atoms with Crippen molar-refractivity contribution in [2.24, 2.45) is 0 Å². The first kappa shape index (κ1) is 54.6. The molecule has 12 rings (SSSR count). The number of hydrogen-bond donors (Lipinski definition) is 1. The first-order valence-electron chi connectivity index (χ1n) is 27.7. The molecule has 1 aliphatic carbocycles. The van der Waals surface area contributed by atoms with Gasteiger partial charge in [-0.1, -0.05) is 233 Å². The van der Waals surface area contributed by atoms with Crippen LogP contribution < -0.4 is 0 Å². The molecule has 8 aromatic carbocycles. The summed E-state index contributed by atoms with van der Waals surface area (Å²) < 4.78 is 6.99. The Morgan fingerprint density at radius 3 is 1.69 bits per heavy atom. The van der Waals surface area contributed by atoms with Gasteiger partial charge < -0.3 is 9.67 Å². The molecule has 1 aliphatic rings. The van der Waals surface area contributed by atoms with E-state index in [1.165, 1.54) is 21.2 Å². The Morgan fingerprint density at radius 2 is 1.09 bits per heavy atom. The summed E-state index contributed by atoms with van der Waals surface area (Å²) in [5.41, 5.74) is 18.4. The van der Waals surface area contributed by atoms with Crippen LogP contribution in [0.4, 0.5) is 0 Å². The van der Waals surface area contributed by atoms with Crippen molar-refractivity contribution >= 4 is 48.1 Å². The van der Waals surface area contributed by atoms with E-state index in [2.05, 4.69) is 268 Å². The molecule has 80 heavy (non-hydrogen) atoms. The second kappa shape index (κ2) is 20.0. The number of fused-ring (bicyclic) bond motifs is 5. The van der Waals surface area contributed by atoms with E-state index in [1.54, 1.807) is 11.3 Å². The number of aromatic hydroxyl groups is 1. The van der Waals surface area contributed by atoms with Crippen LogP contribution in [0.15, 0.2) is 182 Å². The van der Waals surface area contributed by atoms with Crippen molar-refractivity contribution in [1.82, 2.24) is 19.1 Å². The topological polar surface area (TPSA) is 55.9 Å². The third-order valence-electron chi connectivity index (χ3n) is 15.9. The van der Waals surface area contributed by atoms with Gasteiger partial charge in [0.15, 0.2) is 0 Å². The van der Waals surface area contributed by atoms with Crippen LogP contribution >= 0.6 is 11.3 Å². The third kappa shape index (κ3) is 9.62. The van der Waals surface area contributed by atoms with E-state index in [4.69, 9.17) is 16.5 Å². The van der Waals surface area contributed by atoms with Gasteiger partial charge in [0.2, 0.25) is 0 Å². The smallest absolute Gasteiger partial charge is 0.148 e. The monoisotopic (exact) mass is 1240 g/mol. The Hall–Kier alpha value is -7.37. The first-order chi connectivity index (χ1) is 37.5. The number of nitrogens with zero attached hydrogens (tertiary/aromatic N) is 4. The normalized spacial score (nSPS) is 13.2. The molecule has 404 valence electrons. The molecule has 0 spiro atoms. The molecule has 3 aromatic heterocycles. The second-order valence-corrected chi connectivity index (χ2v) is 26.8. The zero-order chi connectivity index (χ0) is 55.5. The van der Waals surface area contributed by atoms with E-state index in [0.29, 0.717) is 17.8 Å². The maximum atomic E-state index is 12.9. The van der Waals surface area contributed by atoms with Gasteiger partial charge in [-0.2, -0.15) is 11.3 Å². The van der Waals surface area contributed by atoms with E-state index in [0.717, 1.165) is 105 Å². The summed E-state index contributed by atoms with van der Waals surface area (Å²) in [7, 11) is 0. The molecule has 11 aromatic rings. The zero-order valence-electron chi connectivity index (χ0n) is 48.0. The Kier molecular flexibility index (Phi) is 13.7. The summed E-state index contributed by atoms with van der Waals surface area (Å²) in [6.45, 7) is 31.7. The quantitative estimate of drug-likeness (QED) is 0.162. The minimum Gasteiger partial charge on any atom is -0.507 e. The van der Waals surface area contributed by atoms with Crippen LogP contribution in [-0.4, -0.2) is 24.2 Å². The van der Waals surface area contributed by atoms with Crippen LogP contribution in [0.2, 0.25) is 0 Å². The van der Waals surface area contributed by atoms with Gasteiger partial charge >= 0.3 is 0 Å². The molecule has 7 heteroatoms. The van der Waals surface area contributed by atoms with Gasteiger partial charge in [0.1, 0.15) is 11.6 Å².